The molecule has 2 heteroatoms. The number of hydrogen-bond acceptors (Lipinski definition) is 1. The lowest BCUT2D eigenvalue weighted by Gasteiger charge is -2.03. The highest BCUT2D eigenvalue weighted by atomic mass is 15.3. The van der Waals surface area contributed by atoms with Crippen LogP contribution >= 0.6 is 0 Å². The Labute approximate surface area is 77.8 Å². The van der Waals surface area contributed by atoms with Crippen molar-refractivity contribution in [2.24, 2.45) is 0 Å². The number of rotatable bonds is 1. The van der Waals surface area contributed by atoms with Crippen LogP contribution in [0.5, 0.6) is 0 Å². The Morgan fingerprint density at radius 2 is 1.77 bits per heavy atom. The first-order valence-corrected chi connectivity index (χ1v) is 4.35. The summed E-state index contributed by atoms with van der Waals surface area (Å²) in [7, 11) is 0. The van der Waals surface area contributed by atoms with Crippen molar-refractivity contribution in [1.29, 1.82) is 0 Å². The summed E-state index contributed by atoms with van der Waals surface area (Å²) >= 11 is 0. The van der Waals surface area contributed by atoms with Crippen LogP contribution in [0.2, 0.25) is 0 Å². The topological polar surface area (TPSA) is 17.8 Å². The zero-order chi connectivity index (χ0) is 9.26. The highest BCUT2D eigenvalue weighted by Gasteiger charge is 2.02. The smallest absolute Gasteiger partial charge is 0.0648 e. The first kappa shape index (κ1) is 8.05. The predicted molar refractivity (Wildman–Crippen MR) is 53.0 cm³/mol. The van der Waals surface area contributed by atoms with Gasteiger partial charge < -0.3 is 0 Å². The second-order valence-electron chi connectivity index (χ2n) is 3.16. The summed E-state index contributed by atoms with van der Waals surface area (Å²) < 4.78 is 1.95. The van der Waals surface area contributed by atoms with Gasteiger partial charge in [-0.25, -0.2) is 4.68 Å². The van der Waals surface area contributed by atoms with Crippen molar-refractivity contribution in [2.45, 2.75) is 13.8 Å². The summed E-state index contributed by atoms with van der Waals surface area (Å²) in [4.78, 5) is 0. The van der Waals surface area contributed by atoms with Crippen molar-refractivity contribution in [3.63, 3.8) is 0 Å². The summed E-state index contributed by atoms with van der Waals surface area (Å²) in [6.07, 6.45) is 1.89. The van der Waals surface area contributed by atoms with Crippen molar-refractivity contribution in [3.8, 4) is 5.69 Å². The minimum Gasteiger partial charge on any atom is -0.238 e. The average molecular weight is 172 g/mol. The molecule has 0 unspecified atom stereocenters. The quantitative estimate of drug-likeness (QED) is 0.646. The number of hydrogen-bond donors (Lipinski definition) is 0. The van der Waals surface area contributed by atoms with Gasteiger partial charge in [-0.3, -0.25) is 0 Å². The summed E-state index contributed by atoms with van der Waals surface area (Å²) in [5.74, 6) is 0. The maximum absolute atomic E-state index is 4.30. The fraction of sp³-hybridized carbons (Fsp3) is 0.182. The summed E-state index contributed by atoms with van der Waals surface area (Å²) in [5, 5.41) is 4.30. The van der Waals surface area contributed by atoms with Gasteiger partial charge in [0, 0.05) is 5.69 Å². The lowest BCUT2D eigenvalue weighted by Crippen LogP contribution is -1.97. The molecule has 1 aromatic heterocycles. The lowest BCUT2D eigenvalue weighted by atomic mass is 10.3. The third kappa shape index (κ3) is 1.35. The van der Waals surface area contributed by atoms with E-state index in [0.29, 0.717) is 0 Å². The van der Waals surface area contributed by atoms with Crippen molar-refractivity contribution >= 4 is 0 Å². The van der Waals surface area contributed by atoms with Crippen molar-refractivity contribution < 1.29 is 0 Å². The molecule has 0 saturated carbocycles. The molecule has 0 bridgehead atoms. The first-order valence-electron chi connectivity index (χ1n) is 4.35. The third-order valence-electron chi connectivity index (χ3n) is 2.26. The molecule has 0 radical (unpaired) electrons. The Bertz CT molecular complexity index is 401. The van der Waals surface area contributed by atoms with E-state index in [1.54, 1.807) is 0 Å². The van der Waals surface area contributed by atoms with E-state index in [-0.39, 0.29) is 0 Å². The lowest BCUT2D eigenvalue weighted by molar-refractivity contribution is 0.846. The number of nitrogens with zero attached hydrogens (tertiary/aromatic N) is 2. The van der Waals surface area contributed by atoms with Crippen LogP contribution in [0, 0.1) is 13.8 Å². The molecule has 66 valence electrons. The van der Waals surface area contributed by atoms with Gasteiger partial charge in [-0.05, 0) is 31.5 Å². The highest BCUT2D eigenvalue weighted by molar-refractivity contribution is 5.33. The number of benzene rings is 1. The van der Waals surface area contributed by atoms with E-state index < -0.39 is 0 Å². The Hall–Kier alpha value is -1.57. The molecule has 0 atom stereocenters. The van der Waals surface area contributed by atoms with Crippen LogP contribution in [0.1, 0.15) is 11.3 Å². The third-order valence-corrected chi connectivity index (χ3v) is 2.26. The van der Waals surface area contributed by atoms with Crippen LogP contribution in [0.25, 0.3) is 5.69 Å². The molecular formula is C11H12N2. The van der Waals surface area contributed by atoms with Crippen LogP contribution in [0.4, 0.5) is 0 Å². The van der Waals surface area contributed by atoms with E-state index in [1.807, 2.05) is 29.1 Å². The number of aryl methyl sites for hydroxylation is 1. The molecule has 1 aromatic carbocycles. The molecule has 0 fully saturated rings. The van der Waals surface area contributed by atoms with Crippen LogP contribution in [0.3, 0.4) is 0 Å². The number of aromatic nitrogens is 2. The van der Waals surface area contributed by atoms with E-state index in [0.717, 1.165) is 5.69 Å². The predicted octanol–water partition coefficient (Wildman–Crippen LogP) is 2.49. The second kappa shape index (κ2) is 3.05. The molecule has 13 heavy (non-hydrogen) atoms. The fourth-order valence-electron chi connectivity index (χ4n) is 1.32. The average Bonchev–Trinajstić information content (AvgIpc) is 2.49. The SMILES string of the molecule is Cc1cnn(-c2ccccc2)c1C. The van der Waals surface area contributed by atoms with Crippen molar-refractivity contribution in [2.75, 3.05) is 0 Å². The van der Waals surface area contributed by atoms with E-state index >= 15 is 0 Å². The van der Waals surface area contributed by atoms with Crippen LogP contribution in [0.15, 0.2) is 36.5 Å². The van der Waals surface area contributed by atoms with E-state index in [1.165, 1.54) is 11.3 Å². The fourth-order valence-corrected chi connectivity index (χ4v) is 1.32. The van der Waals surface area contributed by atoms with Gasteiger partial charge in [-0.2, -0.15) is 5.10 Å². The largest absolute Gasteiger partial charge is 0.238 e. The van der Waals surface area contributed by atoms with Crippen molar-refractivity contribution in [1.82, 2.24) is 9.78 Å². The zero-order valence-electron chi connectivity index (χ0n) is 7.86. The van der Waals surface area contributed by atoms with Gasteiger partial charge in [-0.1, -0.05) is 18.2 Å². The highest BCUT2D eigenvalue weighted by Crippen LogP contribution is 2.11. The second-order valence-corrected chi connectivity index (χ2v) is 3.16. The zero-order valence-corrected chi connectivity index (χ0v) is 7.86. The molecule has 2 nitrogen and oxygen atoms in total. The molecule has 0 aliphatic heterocycles. The molecule has 1 heterocycles. The monoisotopic (exact) mass is 172 g/mol. The van der Waals surface area contributed by atoms with Gasteiger partial charge in [0.05, 0.1) is 11.9 Å². The number of para-hydroxylation sites is 1. The van der Waals surface area contributed by atoms with Gasteiger partial charge >= 0.3 is 0 Å². The molecule has 2 rings (SSSR count). The minimum absolute atomic E-state index is 1.12. The van der Waals surface area contributed by atoms with Crippen molar-refractivity contribution in [3.05, 3.63) is 47.8 Å². The Balaban J connectivity index is 2.53. The normalized spacial score (nSPS) is 10.3. The minimum atomic E-state index is 1.12. The molecule has 2 aromatic rings. The molecule has 0 spiro atoms. The van der Waals surface area contributed by atoms with E-state index in [4.69, 9.17) is 0 Å². The Kier molecular flexibility index (Phi) is 1.89. The maximum Gasteiger partial charge on any atom is 0.0648 e. The van der Waals surface area contributed by atoms with Gasteiger partial charge in [0.1, 0.15) is 0 Å². The van der Waals surface area contributed by atoms with Crippen LogP contribution in [-0.2, 0) is 0 Å². The van der Waals surface area contributed by atoms with Gasteiger partial charge in [0.25, 0.3) is 0 Å². The Morgan fingerprint density at radius 1 is 1.08 bits per heavy atom. The Morgan fingerprint density at radius 3 is 2.31 bits per heavy atom. The molecule has 0 aliphatic carbocycles. The molecule has 0 aliphatic rings. The first-order chi connectivity index (χ1) is 6.29. The van der Waals surface area contributed by atoms with Gasteiger partial charge in [-0.15, -0.1) is 0 Å². The van der Waals surface area contributed by atoms with Gasteiger partial charge in [0.15, 0.2) is 0 Å². The maximum atomic E-state index is 4.30. The summed E-state index contributed by atoms with van der Waals surface area (Å²) in [6.45, 7) is 4.15. The molecule has 0 amide bonds. The standard InChI is InChI=1S/C11H12N2/c1-9-8-12-13(10(9)2)11-6-4-3-5-7-11/h3-8H,1-2H3. The molecular weight excluding hydrogens is 160 g/mol. The van der Waals surface area contributed by atoms with Crippen LogP contribution in [-0.4, -0.2) is 9.78 Å². The summed E-state index contributed by atoms with van der Waals surface area (Å²) in [5.41, 5.74) is 3.54. The summed E-state index contributed by atoms with van der Waals surface area (Å²) in [6, 6.07) is 10.2. The molecule has 0 saturated heterocycles. The van der Waals surface area contributed by atoms with Gasteiger partial charge in [0.2, 0.25) is 0 Å². The van der Waals surface area contributed by atoms with E-state index in [2.05, 4.69) is 31.1 Å². The van der Waals surface area contributed by atoms with E-state index in [9.17, 15) is 0 Å². The van der Waals surface area contributed by atoms with Crippen LogP contribution < -0.4 is 0 Å². The molecule has 0 N–H and O–H groups in total.